The number of nitrogens with zero attached hydrogens (tertiary/aromatic N) is 2. The van der Waals surface area contributed by atoms with Crippen LogP contribution in [0, 0.1) is 5.92 Å². The van der Waals surface area contributed by atoms with Gasteiger partial charge in [0.25, 0.3) is 0 Å². The predicted octanol–water partition coefficient (Wildman–Crippen LogP) is 4.84. The molecule has 0 unspecified atom stereocenters. The maximum absolute atomic E-state index is 13.0. The zero-order chi connectivity index (χ0) is 24.8. The van der Waals surface area contributed by atoms with Crippen molar-refractivity contribution in [3.8, 4) is 0 Å². The van der Waals surface area contributed by atoms with Gasteiger partial charge in [-0.05, 0) is 67.6 Å². The van der Waals surface area contributed by atoms with Gasteiger partial charge in [0, 0.05) is 36.2 Å². The number of sulfonamides is 1. The lowest BCUT2D eigenvalue weighted by Crippen LogP contribution is -2.45. The van der Waals surface area contributed by atoms with Crippen LogP contribution in [0.1, 0.15) is 48.8 Å². The first-order valence-corrected chi connectivity index (χ1v) is 14.7. The molecule has 2 aromatic rings. The number of carbonyl (C=O) groups is 1. The Morgan fingerprint density at radius 3 is 2.51 bits per heavy atom. The second-order valence-corrected chi connectivity index (χ2v) is 12.4. The Balaban J connectivity index is 1.31. The lowest BCUT2D eigenvalue weighted by molar-refractivity contribution is -0.126. The number of hydrogen-bond acceptors (Lipinski definition) is 4. The van der Waals surface area contributed by atoms with Crippen LogP contribution >= 0.6 is 23.2 Å². The minimum Gasteiger partial charge on any atom is -0.352 e. The van der Waals surface area contributed by atoms with Crippen LogP contribution in [0.4, 0.5) is 0 Å². The zero-order valence-corrected chi connectivity index (χ0v) is 22.2. The normalized spacial score (nSPS) is 20.0. The Bertz CT molecular complexity index is 1140. The van der Waals surface area contributed by atoms with Crippen LogP contribution < -0.4 is 5.32 Å². The number of amides is 1. The van der Waals surface area contributed by atoms with E-state index in [1.165, 1.54) is 29.1 Å². The fourth-order valence-corrected chi connectivity index (χ4v) is 7.08. The molecular formula is C26H33Cl2N3O3S. The van der Waals surface area contributed by atoms with E-state index >= 15 is 0 Å². The van der Waals surface area contributed by atoms with Crippen molar-refractivity contribution in [3.63, 3.8) is 0 Å². The largest absolute Gasteiger partial charge is 0.352 e. The summed E-state index contributed by atoms with van der Waals surface area (Å²) in [5.74, 6) is -0.673. The number of nitrogens with one attached hydrogen (secondary N) is 1. The molecule has 6 nitrogen and oxygen atoms in total. The van der Waals surface area contributed by atoms with Crippen molar-refractivity contribution in [2.24, 2.45) is 5.92 Å². The average molecular weight is 539 g/mol. The molecule has 4 rings (SSSR count). The zero-order valence-electron chi connectivity index (χ0n) is 19.9. The van der Waals surface area contributed by atoms with Gasteiger partial charge in [-0.3, -0.25) is 9.69 Å². The Kier molecular flexibility index (Phi) is 9.11. The molecule has 0 radical (unpaired) electrons. The summed E-state index contributed by atoms with van der Waals surface area (Å²) in [5, 5.41) is 3.82. The highest BCUT2D eigenvalue weighted by molar-refractivity contribution is 7.88. The number of benzene rings is 2. The lowest BCUT2D eigenvalue weighted by atomic mass is 9.98. The molecule has 2 heterocycles. The molecule has 0 saturated carbocycles. The quantitative estimate of drug-likeness (QED) is 0.523. The van der Waals surface area contributed by atoms with E-state index in [1.54, 1.807) is 18.2 Å². The number of likely N-dealkylation sites (tertiary alicyclic amines) is 1. The minimum absolute atomic E-state index is 0.101. The van der Waals surface area contributed by atoms with Crippen molar-refractivity contribution in [2.45, 2.75) is 50.9 Å². The molecule has 2 fully saturated rings. The highest BCUT2D eigenvalue weighted by Gasteiger charge is 2.32. The Morgan fingerprint density at radius 2 is 1.74 bits per heavy atom. The summed E-state index contributed by atoms with van der Waals surface area (Å²) in [6.07, 6.45) is 5.16. The standard InChI is InChI=1S/C26H33Cl2N3O3S/c27-24-10-9-23(25(28)15-24)19-35(33,34)31-13-5-8-22(18-31)26(32)29-16-20-6-4-7-21(14-20)17-30-11-2-1-3-12-30/h4,6-7,9-10,14-15,22H,1-3,5,8,11-13,16-19H2,(H,29,32)/t22-/m0/s1. The Hall–Kier alpha value is -1.64. The average Bonchev–Trinajstić information content (AvgIpc) is 2.85. The minimum atomic E-state index is -3.60. The predicted molar refractivity (Wildman–Crippen MR) is 141 cm³/mol. The highest BCUT2D eigenvalue weighted by Crippen LogP contribution is 2.26. The van der Waals surface area contributed by atoms with E-state index in [1.807, 2.05) is 12.1 Å². The first kappa shape index (κ1) is 26.4. The van der Waals surface area contributed by atoms with Gasteiger partial charge in [-0.2, -0.15) is 0 Å². The summed E-state index contributed by atoms with van der Waals surface area (Å²) in [4.78, 5) is 15.4. The fourth-order valence-electron chi connectivity index (χ4n) is 4.88. The third-order valence-electron chi connectivity index (χ3n) is 6.81. The SMILES string of the molecule is O=C(NCc1cccc(CN2CCCCC2)c1)[C@H]1CCCN(S(=O)(=O)Cc2ccc(Cl)cc2Cl)C1. The molecule has 0 aromatic heterocycles. The molecule has 190 valence electrons. The van der Waals surface area contributed by atoms with Crippen molar-refractivity contribution >= 4 is 39.1 Å². The first-order valence-electron chi connectivity index (χ1n) is 12.3. The summed E-state index contributed by atoms with van der Waals surface area (Å²) in [7, 11) is -3.60. The number of halogens is 2. The number of rotatable bonds is 8. The van der Waals surface area contributed by atoms with Crippen LogP contribution in [0.25, 0.3) is 0 Å². The summed E-state index contributed by atoms with van der Waals surface area (Å²) in [5.41, 5.74) is 2.83. The van der Waals surface area contributed by atoms with Crippen LogP contribution in [0.5, 0.6) is 0 Å². The van der Waals surface area contributed by atoms with Crippen LogP contribution in [-0.2, 0) is 33.7 Å². The maximum atomic E-state index is 13.0. The molecular weight excluding hydrogens is 505 g/mol. The molecule has 0 spiro atoms. The molecule has 0 bridgehead atoms. The summed E-state index contributed by atoms with van der Waals surface area (Å²) in [6.45, 7) is 4.27. The van der Waals surface area contributed by atoms with Gasteiger partial charge in [0.15, 0.2) is 0 Å². The van der Waals surface area contributed by atoms with Crippen LogP contribution in [0.2, 0.25) is 10.0 Å². The van der Waals surface area contributed by atoms with Gasteiger partial charge in [0.1, 0.15) is 0 Å². The molecule has 9 heteroatoms. The molecule has 1 N–H and O–H groups in total. The van der Waals surface area contributed by atoms with E-state index in [9.17, 15) is 13.2 Å². The van der Waals surface area contributed by atoms with E-state index in [4.69, 9.17) is 23.2 Å². The van der Waals surface area contributed by atoms with E-state index in [0.29, 0.717) is 41.5 Å². The Labute approximate surface area is 218 Å². The summed E-state index contributed by atoms with van der Waals surface area (Å²) < 4.78 is 27.5. The second kappa shape index (κ2) is 12.1. The molecule has 2 aliphatic rings. The van der Waals surface area contributed by atoms with Crippen LogP contribution in [0.15, 0.2) is 42.5 Å². The van der Waals surface area contributed by atoms with E-state index in [-0.39, 0.29) is 24.1 Å². The highest BCUT2D eigenvalue weighted by atomic mass is 35.5. The first-order chi connectivity index (χ1) is 16.8. The van der Waals surface area contributed by atoms with Gasteiger partial charge in [-0.15, -0.1) is 0 Å². The monoisotopic (exact) mass is 537 g/mol. The maximum Gasteiger partial charge on any atom is 0.224 e. The number of hydrogen-bond donors (Lipinski definition) is 1. The third kappa shape index (κ3) is 7.43. The number of carbonyl (C=O) groups excluding carboxylic acids is 1. The topological polar surface area (TPSA) is 69.7 Å². The Morgan fingerprint density at radius 1 is 0.971 bits per heavy atom. The molecule has 2 aliphatic heterocycles. The smallest absolute Gasteiger partial charge is 0.224 e. The molecule has 35 heavy (non-hydrogen) atoms. The van der Waals surface area contributed by atoms with Crippen molar-refractivity contribution < 1.29 is 13.2 Å². The molecule has 2 saturated heterocycles. The van der Waals surface area contributed by atoms with Gasteiger partial charge in [-0.1, -0.05) is 60.0 Å². The van der Waals surface area contributed by atoms with Gasteiger partial charge in [0.05, 0.1) is 11.7 Å². The van der Waals surface area contributed by atoms with Crippen molar-refractivity contribution in [1.29, 1.82) is 0 Å². The summed E-state index contributed by atoms with van der Waals surface area (Å²) in [6, 6.07) is 13.2. The van der Waals surface area contributed by atoms with Gasteiger partial charge in [0.2, 0.25) is 15.9 Å². The van der Waals surface area contributed by atoms with E-state index in [2.05, 4.69) is 22.3 Å². The van der Waals surface area contributed by atoms with Crippen molar-refractivity contribution in [1.82, 2.24) is 14.5 Å². The van der Waals surface area contributed by atoms with Crippen molar-refractivity contribution in [2.75, 3.05) is 26.2 Å². The van der Waals surface area contributed by atoms with E-state index in [0.717, 1.165) is 25.2 Å². The van der Waals surface area contributed by atoms with Crippen LogP contribution in [0.3, 0.4) is 0 Å². The lowest BCUT2D eigenvalue weighted by Gasteiger charge is -2.31. The number of piperidine rings is 2. The van der Waals surface area contributed by atoms with Gasteiger partial charge < -0.3 is 5.32 Å². The third-order valence-corrected chi connectivity index (χ3v) is 9.20. The van der Waals surface area contributed by atoms with Crippen molar-refractivity contribution in [3.05, 3.63) is 69.2 Å². The fraction of sp³-hybridized carbons (Fsp3) is 0.500. The van der Waals surface area contributed by atoms with Gasteiger partial charge in [-0.25, -0.2) is 12.7 Å². The molecule has 0 aliphatic carbocycles. The summed E-state index contributed by atoms with van der Waals surface area (Å²) >= 11 is 12.1. The second-order valence-electron chi connectivity index (χ2n) is 9.56. The molecule has 1 atom stereocenters. The van der Waals surface area contributed by atoms with E-state index < -0.39 is 10.0 Å². The molecule has 2 aromatic carbocycles. The van der Waals surface area contributed by atoms with Crippen LogP contribution in [-0.4, -0.2) is 49.7 Å². The van der Waals surface area contributed by atoms with Gasteiger partial charge >= 0.3 is 0 Å². The molecule has 1 amide bonds.